The van der Waals surface area contributed by atoms with Gasteiger partial charge in [0.15, 0.2) is 0 Å². The number of ether oxygens (including phenoxy) is 1. The molecule has 5 heteroatoms. The molecule has 3 N–H and O–H groups in total. The highest BCUT2D eigenvalue weighted by Gasteiger charge is 2.32. The van der Waals surface area contributed by atoms with Crippen LogP contribution in [0.2, 0.25) is 0 Å². The fourth-order valence-electron chi connectivity index (χ4n) is 2.14. The summed E-state index contributed by atoms with van der Waals surface area (Å²) in [5.74, 6) is -0.203. The Bertz CT molecular complexity index is 496. The molecule has 0 aromatic heterocycles. The van der Waals surface area contributed by atoms with Gasteiger partial charge < -0.3 is 15.8 Å². The van der Waals surface area contributed by atoms with Crippen LogP contribution in [0, 0.1) is 11.2 Å². The standard InChI is InChI=1S/C17H27FN2O2/c1-12(13-6-8-14(18)9-7-13)17(5,10-19)11-20-15(21)22-16(2,3)4/h6-9,12H,10-11,19H2,1-5H3,(H,20,21). The summed E-state index contributed by atoms with van der Waals surface area (Å²) >= 11 is 0. The molecule has 1 aromatic carbocycles. The van der Waals surface area contributed by atoms with Gasteiger partial charge in [-0.2, -0.15) is 0 Å². The second kappa shape index (κ2) is 7.09. The lowest BCUT2D eigenvalue weighted by Crippen LogP contribution is -2.45. The largest absolute Gasteiger partial charge is 0.444 e. The lowest BCUT2D eigenvalue weighted by Gasteiger charge is -2.35. The van der Waals surface area contributed by atoms with Gasteiger partial charge in [0.25, 0.3) is 0 Å². The molecule has 0 saturated heterocycles. The highest BCUT2D eigenvalue weighted by molar-refractivity contribution is 5.67. The summed E-state index contributed by atoms with van der Waals surface area (Å²) in [5, 5.41) is 2.78. The van der Waals surface area contributed by atoms with Gasteiger partial charge in [-0.25, -0.2) is 9.18 Å². The average molecular weight is 310 g/mol. The third-order valence-electron chi connectivity index (χ3n) is 3.92. The van der Waals surface area contributed by atoms with Crippen LogP contribution in [0.1, 0.15) is 46.1 Å². The van der Waals surface area contributed by atoms with E-state index in [1.807, 2.05) is 34.6 Å². The maximum Gasteiger partial charge on any atom is 0.407 e. The number of carbonyl (C=O) groups excluding carboxylic acids is 1. The first-order valence-electron chi connectivity index (χ1n) is 7.50. The quantitative estimate of drug-likeness (QED) is 0.876. The second-order valence-corrected chi connectivity index (χ2v) is 6.99. The van der Waals surface area contributed by atoms with Gasteiger partial charge in [0.1, 0.15) is 11.4 Å². The summed E-state index contributed by atoms with van der Waals surface area (Å²) in [6.45, 7) is 10.2. The number of benzene rings is 1. The van der Waals surface area contributed by atoms with E-state index < -0.39 is 11.7 Å². The Kier molecular flexibility index (Phi) is 5.94. The van der Waals surface area contributed by atoms with E-state index in [0.717, 1.165) is 5.56 Å². The van der Waals surface area contributed by atoms with Crippen LogP contribution >= 0.6 is 0 Å². The third-order valence-corrected chi connectivity index (χ3v) is 3.92. The molecule has 0 aliphatic carbocycles. The van der Waals surface area contributed by atoms with Crippen LogP contribution in [0.25, 0.3) is 0 Å². The molecule has 0 heterocycles. The van der Waals surface area contributed by atoms with Crippen molar-refractivity contribution in [2.24, 2.45) is 11.1 Å². The lowest BCUT2D eigenvalue weighted by atomic mass is 9.74. The molecule has 124 valence electrons. The van der Waals surface area contributed by atoms with Crippen LogP contribution in [0.15, 0.2) is 24.3 Å². The molecule has 0 fully saturated rings. The van der Waals surface area contributed by atoms with E-state index in [0.29, 0.717) is 13.1 Å². The molecule has 1 rings (SSSR count). The Hall–Kier alpha value is -1.62. The van der Waals surface area contributed by atoms with E-state index in [2.05, 4.69) is 5.32 Å². The molecule has 0 radical (unpaired) electrons. The summed E-state index contributed by atoms with van der Waals surface area (Å²) in [6.07, 6.45) is -0.460. The normalized spacial score (nSPS) is 15.8. The monoisotopic (exact) mass is 310 g/mol. The molecule has 0 bridgehead atoms. The second-order valence-electron chi connectivity index (χ2n) is 6.99. The zero-order chi connectivity index (χ0) is 17.0. The first kappa shape index (κ1) is 18.4. The summed E-state index contributed by atoms with van der Waals surface area (Å²) < 4.78 is 18.3. The number of carbonyl (C=O) groups is 1. The van der Waals surface area contributed by atoms with Crippen molar-refractivity contribution in [3.05, 3.63) is 35.6 Å². The van der Waals surface area contributed by atoms with Crippen molar-refractivity contribution >= 4 is 6.09 Å². The molecule has 4 nitrogen and oxygen atoms in total. The van der Waals surface area contributed by atoms with Gasteiger partial charge in [-0.1, -0.05) is 26.0 Å². The van der Waals surface area contributed by atoms with Gasteiger partial charge in [0, 0.05) is 12.0 Å². The van der Waals surface area contributed by atoms with Crippen molar-refractivity contribution in [2.75, 3.05) is 13.1 Å². The molecular formula is C17H27FN2O2. The minimum absolute atomic E-state index is 0.0630. The number of alkyl carbamates (subject to hydrolysis) is 1. The number of nitrogens with one attached hydrogen (secondary N) is 1. The molecule has 1 aromatic rings. The Morgan fingerprint density at radius 3 is 2.27 bits per heavy atom. The molecular weight excluding hydrogens is 283 g/mol. The summed E-state index contributed by atoms with van der Waals surface area (Å²) in [5.41, 5.74) is 6.02. The van der Waals surface area contributed by atoms with Crippen LogP contribution in [0.3, 0.4) is 0 Å². The van der Waals surface area contributed by atoms with Gasteiger partial charge in [-0.3, -0.25) is 0 Å². The maximum absolute atomic E-state index is 13.0. The predicted octanol–water partition coefficient (Wildman–Crippen LogP) is 3.42. The predicted molar refractivity (Wildman–Crippen MR) is 86.2 cm³/mol. The van der Waals surface area contributed by atoms with Crippen LogP contribution in [0.4, 0.5) is 9.18 Å². The van der Waals surface area contributed by atoms with E-state index in [9.17, 15) is 9.18 Å². The Labute approximate surface area is 132 Å². The lowest BCUT2D eigenvalue weighted by molar-refractivity contribution is 0.0499. The summed E-state index contributed by atoms with van der Waals surface area (Å²) in [7, 11) is 0. The van der Waals surface area contributed by atoms with Crippen molar-refractivity contribution in [1.82, 2.24) is 5.32 Å². The van der Waals surface area contributed by atoms with Crippen LogP contribution in [-0.2, 0) is 4.74 Å². The Morgan fingerprint density at radius 2 is 1.82 bits per heavy atom. The van der Waals surface area contributed by atoms with Crippen LogP contribution < -0.4 is 11.1 Å². The number of rotatable bonds is 5. The SMILES string of the molecule is CC(c1ccc(F)cc1)C(C)(CN)CNC(=O)OC(C)(C)C. The van der Waals surface area contributed by atoms with E-state index in [1.165, 1.54) is 12.1 Å². The third kappa shape index (κ3) is 5.30. The first-order valence-corrected chi connectivity index (χ1v) is 7.50. The minimum Gasteiger partial charge on any atom is -0.444 e. The molecule has 2 atom stereocenters. The molecule has 0 spiro atoms. The number of hydrogen-bond donors (Lipinski definition) is 2. The molecule has 2 unspecified atom stereocenters. The first-order chi connectivity index (χ1) is 10.1. The van der Waals surface area contributed by atoms with Crippen molar-refractivity contribution in [3.8, 4) is 0 Å². The minimum atomic E-state index is -0.536. The smallest absolute Gasteiger partial charge is 0.407 e. The van der Waals surface area contributed by atoms with Crippen molar-refractivity contribution in [1.29, 1.82) is 0 Å². The van der Waals surface area contributed by atoms with Gasteiger partial charge >= 0.3 is 6.09 Å². The van der Waals surface area contributed by atoms with E-state index >= 15 is 0 Å². The van der Waals surface area contributed by atoms with E-state index in [1.54, 1.807) is 12.1 Å². The highest BCUT2D eigenvalue weighted by atomic mass is 19.1. The number of hydrogen-bond acceptors (Lipinski definition) is 3. The van der Waals surface area contributed by atoms with E-state index in [4.69, 9.17) is 10.5 Å². The fourth-order valence-corrected chi connectivity index (χ4v) is 2.14. The van der Waals surface area contributed by atoms with Crippen LogP contribution in [0.5, 0.6) is 0 Å². The highest BCUT2D eigenvalue weighted by Crippen LogP contribution is 2.34. The Morgan fingerprint density at radius 1 is 1.27 bits per heavy atom. The average Bonchev–Trinajstić information content (AvgIpc) is 2.43. The van der Waals surface area contributed by atoms with Crippen molar-refractivity contribution < 1.29 is 13.9 Å². The molecule has 22 heavy (non-hydrogen) atoms. The van der Waals surface area contributed by atoms with Gasteiger partial charge in [-0.05, 0) is 50.9 Å². The molecule has 0 aliphatic rings. The van der Waals surface area contributed by atoms with Gasteiger partial charge in [0.05, 0.1) is 0 Å². The zero-order valence-electron chi connectivity index (χ0n) is 14.1. The van der Waals surface area contributed by atoms with Crippen molar-refractivity contribution in [3.63, 3.8) is 0 Å². The number of amides is 1. The maximum atomic E-state index is 13.0. The number of nitrogens with two attached hydrogens (primary N) is 1. The Balaban J connectivity index is 2.74. The molecule has 0 aliphatic heterocycles. The number of halogens is 1. The van der Waals surface area contributed by atoms with Crippen LogP contribution in [-0.4, -0.2) is 24.8 Å². The van der Waals surface area contributed by atoms with Gasteiger partial charge in [0.2, 0.25) is 0 Å². The summed E-state index contributed by atoms with van der Waals surface area (Å²) in [6, 6.07) is 6.37. The van der Waals surface area contributed by atoms with Gasteiger partial charge in [-0.15, -0.1) is 0 Å². The van der Waals surface area contributed by atoms with Crippen molar-refractivity contribution in [2.45, 2.75) is 46.1 Å². The molecule has 1 amide bonds. The molecule has 0 saturated carbocycles. The summed E-state index contributed by atoms with van der Waals surface area (Å²) in [4.78, 5) is 11.8. The van der Waals surface area contributed by atoms with E-state index in [-0.39, 0.29) is 17.2 Å². The zero-order valence-corrected chi connectivity index (χ0v) is 14.1. The topological polar surface area (TPSA) is 64.3 Å². The fraction of sp³-hybridized carbons (Fsp3) is 0.588.